The summed E-state index contributed by atoms with van der Waals surface area (Å²) in [4.78, 5) is 9.87. The Kier molecular flexibility index (Phi) is 3.80. The highest BCUT2D eigenvalue weighted by Gasteiger charge is 2.17. The molecule has 1 aromatic rings. The van der Waals surface area contributed by atoms with Crippen LogP contribution in [0.4, 0.5) is 5.69 Å². The lowest BCUT2D eigenvalue weighted by molar-refractivity contribution is -0.385. The van der Waals surface area contributed by atoms with Crippen molar-refractivity contribution in [3.05, 3.63) is 39.4 Å². The third kappa shape index (κ3) is 2.80. The maximum atomic E-state index is 10.6. The molecule has 1 N–H and O–H groups in total. The standard InChI is InChI=1S/C11H7N3O3/c12-4-2-1-3-9-5-8(7-13)6-10(11(9)15)14(16)17/h1,3,5-6,15H,2H2. The van der Waals surface area contributed by atoms with Gasteiger partial charge in [0.2, 0.25) is 5.75 Å². The smallest absolute Gasteiger partial charge is 0.312 e. The number of aromatic hydroxyl groups is 1. The fraction of sp³-hybridized carbons (Fsp3) is 0.0909. The molecule has 0 unspecified atom stereocenters. The van der Waals surface area contributed by atoms with Gasteiger partial charge < -0.3 is 5.11 Å². The van der Waals surface area contributed by atoms with E-state index in [-0.39, 0.29) is 17.5 Å². The molecule has 0 saturated carbocycles. The molecule has 0 spiro atoms. The van der Waals surface area contributed by atoms with Crippen LogP contribution in [0.1, 0.15) is 17.5 Å². The molecular formula is C11H7N3O3. The van der Waals surface area contributed by atoms with Gasteiger partial charge in [-0.05, 0) is 6.07 Å². The first kappa shape index (κ1) is 12.2. The highest BCUT2D eigenvalue weighted by atomic mass is 16.6. The van der Waals surface area contributed by atoms with Crippen LogP contribution in [0.15, 0.2) is 18.2 Å². The van der Waals surface area contributed by atoms with Gasteiger partial charge in [-0.25, -0.2) is 0 Å². The topological polar surface area (TPSA) is 111 Å². The van der Waals surface area contributed by atoms with Gasteiger partial charge in [0, 0.05) is 11.6 Å². The molecule has 0 amide bonds. The van der Waals surface area contributed by atoms with Gasteiger partial charge in [0.25, 0.3) is 0 Å². The third-order valence-electron chi connectivity index (χ3n) is 1.95. The molecule has 6 heteroatoms. The van der Waals surface area contributed by atoms with Crippen molar-refractivity contribution in [1.82, 2.24) is 0 Å². The molecule has 0 heterocycles. The number of nitriles is 2. The van der Waals surface area contributed by atoms with E-state index < -0.39 is 16.4 Å². The molecule has 84 valence electrons. The minimum Gasteiger partial charge on any atom is -0.502 e. The Bertz CT molecular complexity index is 565. The van der Waals surface area contributed by atoms with E-state index >= 15 is 0 Å². The van der Waals surface area contributed by atoms with Gasteiger partial charge in [0.15, 0.2) is 0 Å². The number of hydrogen-bond donors (Lipinski definition) is 1. The van der Waals surface area contributed by atoms with E-state index in [1.165, 1.54) is 18.2 Å². The molecule has 0 aliphatic carbocycles. The summed E-state index contributed by atoms with van der Waals surface area (Å²) in [5.74, 6) is -0.511. The first-order chi connectivity index (χ1) is 8.10. The maximum absolute atomic E-state index is 10.6. The summed E-state index contributed by atoms with van der Waals surface area (Å²) < 4.78 is 0. The highest BCUT2D eigenvalue weighted by molar-refractivity contribution is 5.67. The molecule has 1 rings (SSSR count). The zero-order valence-electron chi connectivity index (χ0n) is 8.62. The molecule has 0 aliphatic rings. The zero-order valence-corrected chi connectivity index (χ0v) is 8.62. The number of hydrogen-bond acceptors (Lipinski definition) is 5. The average Bonchev–Trinajstić information content (AvgIpc) is 2.31. The summed E-state index contributed by atoms with van der Waals surface area (Å²) in [7, 11) is 0. The number of rotatable bonds is 3. The lowest BCUT2D eigenvalue weighted by Crippen LogP contribution is -1.92. The van der Waals surface area contributed by atoms with Crippen molar-refractivity contribution in [2.75, 3.05) is 0 Å². The predicted octanol–water partition coefficient (Wildman–Crippen LogP) is 2.10. The number of benzene rings is 1. The van der Waals surface area contributed by atoms with E-state index in [9.17, 15) is 15.2 Å². The van der Waals surface area contributed by atoms with Gasteiger partial charge in [-0.3, -0.25) is 10.1 Å². The summed E-state index contributed by atoms with van der Waals surface area (Å²) in [5.41, 5.74) is -0.308. The van der Waals surface area contributed by atoms with E-state index in [0.717, 1.165) is 6.07 Å². The minimum atomic E-state index is -0.766. The second-order valence-electron chi connectivity index (χ2n) is 3.07. The average molecular weight is 229 g/mol. The normalized spacial score (nSPS) is 9.76. The fourth-order valence-electron chi connectivity index (χ4n) is 1.21. The molecule has 0 radical (unpaired) electrons. The van der Waals surface area contributed by atoms with Crippen molar-refractivity contribution in [2.24, 2.45) is 0 Å². The Hall–Kier alpha value is -2.86. The first-order valence-electron chi connectivity index (χ1n) is 4.55. The summed E-state index contributed by atoms with van der Waals surface area (Å²) in [6.45, 7) is 0. The van der Waals surface area contributed by atoms with Crippen LogP contribution in [0.3, 0.4) is 0 Å². The maximum Gasteiger partial charge on any atom is 0.312 e. The first-order valence-corrected chi connectivity index (χ1v) is 4.55. The fourth-order valence-corrected chi connectivity index (χ4v) is 1.21. The van der Waals surface area contributed by atoms with Gasteiger partial charge in [0.05, 0.1) is 29.0 Å². The van der Waals surface area contributed by atoms with Crippen LogP contribution in [0.25, 0.3) is 6.08 Å². The van der Waals surface area contributed by atoms with E-state index in [2.05, 4.69) is 0 Å². The van der Waals surface area contributed by atoms with E-state index in [4.69, 9.17) is 10.5 Å². The molecule has 0 aliphatic heterocycles. The van der Waals surface area contributed by atoms with Crippen molar-refractivity contribution in [1.29, 1.82) is 10.5 Å². The molecule has 0 bridgehead atoms. The van der Waals surface area contributed by atoms with Crippen LogP contribution in [0, 0.1) is 32.8 Å². The highest BCUT2D eigenvalue weighted by Crippen LogP contribution is 2.32. The van der Waals surface area contributed by atoms with E-state index in [1.54, 1.807) is 6.07 Å². The Morgan fingerprint density at radius 1 is 1.47 bits per heavy atom. The van der Waals surface area contributed by atoms with Crippen molar-refractivity contribution in [2.45, 2.75) is 6.42 Å². The summed E-state index contributed by atoms with van der Waals surface area (Å²) >= 11 is 0. The summed E-state index contributed by atoms with van der Waals surface area (Å²) in [6, 6.07) is 5.93. The van der Waals surface area contributed by atoms with E-state index in [0.29, 0.717) is 0 Å². The van der Waals surface area contributed by atoms with Crippen molar-refractivity contribution in [3.8, 4) is 17.9 Å². The molecule has 0 saturated heterocycles. The second kappa shape index (κ2) is 5.29. The number of nitro groups is 1. The zero-order chi connectivity index (χ0) is 12.8. The van der Waals surface area contributed by atoms with Crippen LogP contribution in [-0.2, 0) is 0 Å². The van der Waals surface area contributed by atoms with Gasteiger partial charge in [-0.2, -0.15) is 10.5 Å². The van der Waals surface area contributed by atoms with Crippen LogP contribution >= 0.6 is 0 Å². The molecule has 6 nitrogen and oxygen atoms in total. The SMILES string of the molecule is N#CCC=Cc1cc(C#N)cc([N+](=O)[O-])c1O. The Balaban J connectivity index is 3.31. The van der Waals surface area contributed by atoms with Crippen molar-refractivity contribution in [3.63, 3.8) is 0 Å². The number of allylic oxidation sites excluding steroid dienone is 1. The van der Waals surface area contributed by atoms with Crippen molar-refractivity contribution < 1.29 is 10.0 Å². The molecule has 1 aromatic carbocycles. The van der Waals surface area contributed by atoms with Crippen LogP contribution in [-0.4, -0.2) is 10.0 Å². The van der Waals surface area contributed by atoms with Crippen molar-refractivity contribution >= 4 is 11.8 Å². The number of nitro benzene ring substituents is 1. The van der Waals surface area contributed by atoms with Gasteiger partial charge in [-0.15, -0.1) is 0 Å². The number of phenolic OH excluding ortho intramolecular Hbond substituents is 1. The number of phenols is 1. The van der Waals surface area contributed by atoms with E-state index in [1.807, 2.05) is 6.07 Å². The molecule has 0 atom stereocenters. The lowest BCUT2D eigenvalue weighted by Gasteiger charge is -2.01. The van der Waals surface area contributed by atoms with Gasteiger partial charge >= 0.3 is 5.69 Å². The minimum absolute atomic E-state index is 0.0751. The summed E-state index contributed by atoms with van der Waals surface area (Å²) in [6.07, 6.45) is 2.93. The van der Waals surface area contributed by atoms with Crippen LogP contribution in [0.5, 0.6) is 5.75 Å². The Morgan fingerprint density at radius 2 is 2.18 bits per heavy atom. The Morgan fingerprint density at radius 3 is 2.71 bits per heavy atom. The van der Waals surface area contributed by atoms with Gasteiger partial charge in [-0.1, -0.05) is 12.2 Å². The summed E-state index contributed by atoms with van der Waals surface area (Å²) in [5, 5.41) is 37.3. The second-order valence-corrected chi connectivity index (χ2v) is 3.07. The molecule has 0 aromatic heterocycles. The monoisotopic (exact) mass is 229 g/mol. The third-order valence-corrected chi connectivity index (χ3v) is 1.95. The van der Waals surface area contributed by atoms with Gasteiger partial charge in [0.1, 0.15) is 0 Å². The molecule has 0 fully saturated rings. The predicted molar refractivity (Wildman–Crippen MR) is 58.7 cm³/mol. The number of nitrogens with zero attached hydrogens (tertiary/aromatic N) is 3. The quantitative estimate of drug-likeness (QED) is 0.630. The lowest BCUT2D eigenvalue weighted by atomic mass is 10.1. The molecular weight excluding hydrogens is 222 g/mol. The van der Waals surface area contributed by atoms with Crippen LogP contribution < -0.4 is 0 Å². The molecule has 17 heavy (non-hydrogen) atoms. The Labute approximate surface area is 96.8 Å². The van der Waals surface area contributed by atoms with Crippen LogP contribution in [0.2, 0.25) is 0 Å². The largest absolute Gasteiger partial charge is 0.502 e.